The Bertz CT molecular complexity index is 961. The number of aliphatic carboxylic acids is 1. The number of carboxylic acid groups (broad SMARTS) is 1. The molecule has 0 aromatic heterocycles. The van der Waals surface area contributed by atoms with Gasteiger partial charge in [0.15, 0.2) is 0 Å². The van der Waals surface area contributed by atoms with Gasteiger partial charge in [0.1, 0.15) is 12.1 Å². The number of piperazine rings is 1. The largest absolute Gasteiger partial charge is 0.490 e. The molecule has 204 valence electrons. The van der Waals surface area contributed by atoms with Crippen LogP contribution in [0.1, 0.15) is 25.7 Å². The molecule has 1 aromatic carbocycles. The molecular formula is C23H30F3N5O6. The van der Waals surface area contributed by atoms with Crippen LogP contribution in [0, 0.1) is 0 Å². The third kappa shape index (κ3) is 8.51. The summed E-state index contributed by atoms with van der Waals surface area (Å²) in [5, 5.41) is 15.9. The van der Waals surface area contributed by atoms with Crippen molar-refractivity contribution in [3.8, 4) is 0 Å². The third-order valence-electron chi connectivity index (χ3n) is 6.14. The summed E-state index contributed by atoms with van der Waals surface area (Å²) in [7, 11) is 0. The van der Waals surface area contributed by atoms with E-state index in [0.29, 0.717) is 25.9 Å². The molecule has 4 rings (SSSR count). The molecule has 3 heterocycles. The molecule has 1 aromatic rings. The number of carbonyl (C=O) groups is 4. The molecule has 0 aliphatic carbocycles. The van der Waals surface area contributed by atoms with E-state index >= 15 is 0 Å². The number of imide groups is 1. The number of alkyl halides is 3. The van der Waals surface area contributed by atoms with E-state index in [1.54, 1.807) is 4.90 Å². The van der Waals surface area contributed by atoms with Crippen LogP contribution in [0.25, 0.3) is 0 Å². The highest BCUT2D eigenvalue weighted by Crippen LogP contribution is 2.24. The van der Waals surface area contributed by atoms with Gasteiger partial charge in [0.2, 0.25) is 11.8 Å². The van der Waals surface area contributed by atoms with Gasteiger partial charge in [-0.05, 0) is 30.7 Å². The summed E-state index contributed by atoms with van der Waals surface area (Å²) in [6, 6.07) is 7.59. The molecule has 0 saturated carbocycles. The number of piperidine rings is 2. The van der Waals surface area contributed by atoms with Gasteiger partial charge in [0, 0.05) is 69.9 Å². The molecule has 3 saturated heterocycles. The van der Waals surface area contributed by atoms with Gasteiger partial charge < -0.3 is 30.3 Å². The first-order chi connectivity index (χ1) is 17.5. The maximum absolute atomic E-state index is 12.3. The van der Waals surface area contributed by atoms with E-state index in [-0.39, 0.29) is 30.1 Å². The Balaban J connectivity index is 0.000000479. The molecule has 3 aliphatic rings. The maximum atomic E-state index is 12.3. The number of nitrogens with one attached hydrogen (secondary N) is 3. The lowest BCUT2D eigenvalue weighted by atomic mass is 10.1. The predicted molar refractivity (Wildman–Crippen MR) is 126 cm³/mol. The Hall–Kier alpha value is -3.55. The smallest absolute Gasteiger partial charge is 0.475 e. The molecular weight excluding hydrogens is 499 g/mol. The number of hydrogen-bond acceptors (Lipinski definition) is 8. The van der Waals surface area contributed by atoms with Crippen LogP contribution in [0.4, 0.5) is 29.3 Å². The van der Waals surface area contributed by atoms with Crippen molar-refractivity contribution in [2.45, 2.75) is 44.0 Å². The molecule has 3 amide bonds. The zero-order valence-corrected chi connectivity index (χ0v) is 20.1. The van der Waals surface area contributed by atoms with Gasteiger partial charge in [-0.1, -0.05) is 0 Å². The molecule has 11 nitrogen and oxygen atoms in total. The predicted octanol–water partition coefficient (Wildman–Crippen LogP) is 1.55. The van der Waals surface area contributed by atoms with E-state index in [0.717, 1.165) is 50.4 Å². The van der Waals surface area contributed by atoms with Crippen LogP contribution in [0.3, 0.4) is 0 Å². The van der Waals surface area contributed by atoms with Crippen molar-refractivity contribution < 1.29 is 42.2 Å². The van der Waals surface area contributed by atoms with E-state index in [9.17, 15) is 27.6 Å². The van der Waals surface area contributed by atoms with Gasteiger partial charge >= 0.3 is 18.2 Å². The van der Waals surface area contributed by atoms with Crippen molar-refractivity contribution in [1.29, 1.82) is 0 Å². The lowest BCUT2D eigenvalue weighted by molar-refractivity contribution is -0.192. The summed E-state index contributed by atoms with van der Waals surface area (Å²) in [5.41, 5.74) is 1.96. The molecule has 0 bridgehead atoms. The molecule has 3 fully saturated rings. The van der Waals surface area contributed by atoms with Crippen LogP contribution < -0.4 is 20.9 Å². The average molecular weight is 530 g/mol. The number of amides is 3. The van der Waals surface area contributed by atoms with Crippen molar-refractivity contribution >= 4 is 35.3 Å². The van der Waals surface area contributed by atoms with Crippen LogP contribution in [0.5, 0.6) is 0 Å². The summed E-state index contributed by atoms with van der Waals surface area (Å²) < 4.78 is 37.4. The van der Waals surface area contributed by atoms with Crippen molar-refractivity contribution in [2.24, 2.45) is 0 Å². The Morgan fingerprint density at radius 1 is 1.00 bits per heavy atom. The molecule has 0 spiro atoms. The van der Waals surface area contributed by atoms with E-state index in [1.807, 2.05) is 24.3 Å². The zero-order chi connectivity index (χ0) is 27.0. The minimum absolute atomic E-state index is 0.0305. The first-order valence-corrected chi connectivity index (χ1v) is 11.9. The number of ether oxygens (including phenoxy) is 1. The number of nitrogens with zero attached hydrogens (tertiary/aromatic N) is 2. The fraction of sp³-hybridized carbons (Fsp3) is 0.565. The highest BCUT2D eigenvalue weighted by atomic mass is 19.4. The van der Waals surface area contributed by atoms with Gasteiger partial charge in [-0.3, -0.25) is 14.9 Å². The van der Waals surface area contributed by atoms with Crippen LogP contribution in [0.2, 0.25) is 0 Å². The Labute approximate surface area is 211 Å². The van der Waals surface area contributed by atoms with Gasteiger partial charge in [0.25, 0.3) is 0 Å². The number of rotatable bonds is 4. The molecule has 0 radical (unpaired) electrons. The summed E-state index contributed by atoms with van der Waals surface area (Å²) >= 11 is 0. The summed E-state index contributed by atoms with van der Waals surface area (Å²) in [4.78, 5) is 48.4. The SMILES string of the molecule is O=C(O)C(F)(F)F.O=C1CCC(Nc2ccc(N3CCC(OC(=O)N4CCNCC4)CC3)cc2)C(=O)N1. The maximum Gasteiger partial charge on any atom is 0.490 e. The van der Waals surface area contributed by atoms with Gasteiger partial charge in [-0.2, -0.15) is 13.2 Å². The van der Waals surface area contributed by atoms with Crippen LogP contribution in [-0.4, -0.2) is 91.5 Å². The molecule has 37 heavy (non-hydrogen) atoms. The Morgan fingerprint density at radius 3 is 2.14 bits per heavy atom. The molecule has 3 aliphatic heterocycles. The van der Waals surface area contributed by atoms with Crippen molar-refractivity contribution in [2.75, 3.05) is 49.5 Å². The highest BCUT2D eigenvalue weighted by Gasteiger charge is 2.38. The standard InChI is InChI=1S/C21H29N5O4.C2HF3O2/c27-19-6-5-18(20(28)24-19)23-15-1-3-16(4-2-15)25-11-7-17(8-12-25)30-21(29)26-13-9-22-10-14-26;3-2(4,5)1(6)7/h1-4,17-18,22-23H,5-14H2,(H,24,27,28);(H,6,7). The van der Waals surface area contributed by atoms with Crippen LogP contribution in [0.15, 0.2) is 24.3 Å². The third-order valence-corrected chi connectivity index (χ3v) is 6.14. The quantitative estimate of drug-likeness (QED) is 0.428. The fourth-order valence-electron chi connectivity index (χ4n) is 4.10. The molecule has 1 atom stereocenters. The summed E-state index contributed by atoms with van der Waals surface area (Å²) in [6.07, 6.45) is -2.82. The second-order valence-electron chi connectivity index (χ2n) is 8.81. The van der Waals surface area contributed by atoms with Crippen molar-refractivity contribution in [1.82, 2.24) is 15.5 Å². The normalized spacial score (nSPS) is 20.9. The first kappa shape index (κ1) is 28.0. The summed E-state index contributed by atoms with van der Waals surface area (Å²) in [6.45, 7) is 4.72. The number of anilines is 2. The topological polar surface area (TPSA) is 140 Å². The van der Waals surface area contributed by atoms with Crippen LogP contribution in [-0.2, 0) is 19.1 Å². The van der Waals surface area contributed by atoms with Crippen molar-refractivity contribution in [3.05, 3.63) is 24.3 Å². The number of benzene rings is 1. The average Bonchev–Trinajstić information content (AvgIpc) is 2.87. The number of hydrogen-bond donors (Lipinski definition) is 4. The van der Waals surface area contributed by atoms with Crippen molar-refractivity contribution in [3.63, 3.8) is 0 Å². The fourth-order valence-corrected chi connectivity index (χ4v) is 4.10. The molecule has 1 unspecified atom stereocenters. The first-order valence-electron chi connectivity index (χ1n) is 11.9. The Kier molecular flexibility index (Phi) is 9.55. The van der Waals surface area contributed by atoms with Gasteiger partial charge in [-0.25, -0.2) is 9.59 Å². The second-order valence-corrected chi connectivity index (χ2v) is 8.81. The van der Waals surface area contributed by atoms with E-state index in [1.165, 1.54) is 0 Å². The lowest BCUT2D eigenvalue weighted by Crippen LogP contribution is -2.48. The second kappa shape index (κ2) is 12.6. The molecule has 14 heteroatoms. The van der Waals surface area contributed by atoms with E-state index in [2.05, 4.69) is 20.9 Å². The zero-order valence-electron chi connectivity index (χ0n) is 20.1. The minimum atomic E-state index is -5.08. The van der Waals surface area contributed by atoms with Gasteiger partial charge in [-0.15, -0.1) is 0 Å². The Morgan fingerprint density at radius 2 is 1.59 bits per heavy atom. The van der Waals surface area contributed by atoms with E-state index in [4.69, 9.17) is 14.6 Å². The number of carbonyl (C=O) groups excluding carboxylic acids is 3. The number of halogens is 3. The monoisotopic (exact) mass is 529 g/mol. The van der Waals surface area contributed by atoms with E-state index < -0.39 is 12.1 Å². The van der Waals surface area contributed by atoms with Gasteiger partial charge in [0.05, 0.1) is 0 Å². The number of carboxylic acids is 1. The summed E-state index contributed by atoms with van der Waals surface area (Å²) in [5.74, 6) is -3.24. The molecule has 4 N–H and O–H groups in total. The van der Waals surface area contributed by atoms with Crippen LogP contribution >= 0.6 is 0 Å². The minimum Gasteiger partial charge on any atom is -0.475 e. The highest BCUT2D eigenvalue weighted by molar-refractivity contribution is 6.01. The lowest BCUT2D eigenvalue weighted by Gasteiger charge is -2.35.